The summed E-state index contributed by atoms with van der Waals surface area (Å²) < 4.78 is 9.33. The molecule has 0 fully saturated rings. The number of nitrogens with zero attached hydrogens (tertiary/aromatic N) is 1. The van der Waals surface area contributed by atoms with Crippen molar-refractivity contribution in [1.82, 2.24) is 4.90 Å². The van der Waals surface area contributed by atoms with Crippen LogP contribution in [0.15, 0.2) is 24.3 Å². The molecule has 0 radical (unpaired) electrons. The molecule has 0 aromatic heterocycles. The molecule has 1 aromatic rings. The largest absolute Gasteiger partial charge is 0.509 e. The van der Waals surface area contributed by atoms with Crippen LogP contribution in [0.4, 0.5) is 4.79 Å². The summed E-state index contributed by atoms with van der Waals surface area (Å²) in [7, 11) is 0. The van der Waals surface area contributed by atoms with Crippen LogP contribution in [0.1, 0.15) is 27.6 Å². The zero-order valence-corrected chi connectivity index (χ0v) is 10.4. The molecule has 1 amide bonds. The molecule has 0 N–H and O–H groups in total. The van der Waals surface area contributed by atoms with Gasteiger partial charge >= 0.3 is 6.16 Å². The number of amides is 1. The van der Waals surface area contributed by atoms with Gasteiger partial charge < -0.3 is 9.47 Å². The van der Waals surface area contributed by atoms with Gasteiger partial charge in [0.25, 0.3) is 5.91 Å². The standard InChI is InChI=1S/C13H13NO5/c1-2-18-13(17)19-8-14-7-11(15)9-5-3-4-6-10(9)12(14)16/h3-6H,2,7-8H2,1H3. The summed E-state index contributed by atoms with van der Waals surface area (Å²) in [5, 5.41) is 0. The fourth-order valence-electron chi connectivity index (χ4n) is 1.81. The Labute approximate surface area is 109 Å². The first-order valence-corrected chi connectivity index (χ1v) is 5.84. The third-order valence-corrected chi connectivity index (χ3v) is 2.68. The second-order valence-corrected chi connectivity index (χ2v) is 3.93. The van der Waals surface area contributed by atoms with Crippen molar-refractivity contribution in [1.29, 1.82) is 0 Å². The highest BCUT2D eigenvalue weighted by atomic mass is 16.7. The van der Waals surface area contributed by atoms with Gasteiger partial charge in [-0.25, -0.2) is 4.79 Å². The highest BCUT2D eigenvalue weighted by Crippen LogP contribution is 2.18. The fraction of sp³-hybridized carbons (Fsp3) is 0.308. The molecule has 100 valence electrons. The van der Waals surface area contributed by atoms with E-state index in [2.05, 4.69) is 4.74 Å². The van der Waals surface area contributed by atoms with Gasteiger partial charge in [0.15, 0.2) is 12.5 Å². The number of ether oxygens (including phenoxy) is 2. The molecule has 1 aliphatic heterocycles. The smallest absolute Gasteiger partial charge is 0.435 e. The molecule has 0 aliphatic carbocycles. The first-order chi connectivity index (χ1) is 9.13. The van der Waals surface area contributed by atoms with Gasteiger partial charge in [0.2, 0.25) is 0 Å². The summed E-state index contributed by atoms with van der Waals surface area (Å²) >= 11 is 0. The van der Waals surface area contributed by atoms with Crippen LogP contribution >= 0.6 is 0 Å². The molecule has 1 heterocycles. The number of rotatable bonds is 3. The number of Topliss-reactive ketones (excluding diaryl/α,β-unsaturated/α-hetero) is 1. The lowest BCUT2D eigenvalue weighted by Crippen LogP contribution is -2.42. The summed E-state index contributed by atoms with van der Waals surface area (Å²) in [5.41, 5.74) is 0.728. The zero-order valence-electron chi connectivity index (χ0n) is 10.4. The number of carbonyl (C=O) groups is 3. The van der Waals surface area contributed by atoms with Crippen LogP contribution < -0.4 is 0 Å². The van der Waals surface area contributed by atoms with E-state index in [1.807, 2.05) is 0 Å². The molecule has 1 aromatic carbocycles. The van der Waals surface area contributed by atoms with E-state index in [0.717, 1.165) is 0 Å². The maximum Gasteiger partial charge on any atom is 0.509 e. The molecule has 2 rings (SSSR count). The molecule has 6 nitrogen and oxygen atoms in total. The lowest BCUT2D eigenvalue weighted by molar-refractivity contribution is 0.0144. The van der Waals surface area contributed by atoms with Crippen LogP contribution in [0.3, 0.4) is 0 Å². The molecular formula is C13H13NO5. The number of fused-ring (bicyclic) bond motifs is 1. The van der Waals surface area contributed by atoms with Gasteiger partial charge in [-0.15, -0.1) is 0 Å². The van der Waals surface area contributed by atoms with Crippen molar-refractivity contribution in [2.45, 2.75) is 6.92 Å². The summed E-state index contributed by atoms with van der Waals surface area (Å²) in [6, 6.07) is 6.57. The third kappa shape index (κ3) is 2.73. The Morgan fingerprint density at radius 2 is 1.89 bits per heavy atom. The number of carbonyl (C=O) groups excluding carboxylic acids is 3. The molecule has 0 atom stereocenters. The molecule has 0 spiro atoms. The van der Waals surface area contributed by atoms with Crippen LogP contribution in [0, 0.1) is 0 Å². The van der Waals surface area contributed by atoms with Crippen molar-refractivity contribution in [2.75, 3.05) is 19.9 Å². The van der Waals surface area contributed by atoms with Crippen molar-refractivity contribution < 1.29 is 23.9 Å². The van der Waals surface area contributed by atoms with Gasteiger partial charge in [-0.1, -0.05) is 18.2 Å². The third-order valence-electron chi connectivity index (χ3n) is 2.68. The molecule has 0 saturated heterocycles. The van der Waals surface area contributed by atoms with Crippen molar-refractivity contribution >= 4 is 17.8 Å². The Morgan fingerprint density at radius 1 is 1.21 bits per heavy atom. The lowest BCUT2D eigenvalue weighted by Gasteiger charge is -2.26. The average Bonchev–Trinajstić information content (AvgIpc) is 2.42. The predicted octanol–water partition coefficient (Wildman–Crippen LogP) is 1.46. The van der Waals surface area contributed by atoms with Gasteiger partial charge in [-0.3, -0.25) is 14.5 Å². The Morgan fingerprint density at radius 3 is 2.58 bits per heavy atom. The van der Waals surface area contributed by atoms with Crippen LogP contribution in [0.5, 0.6) is 0 Å². The average molecular weight is 263 g/mol. The van der Waals surface area contributed by atoms with Crippen LogP contribution in [0.2, 0.25) is 0 Å². The SMILES string of the molecule is CCOC(=O)OCN1CC(=O)c2ccccc2C1=O. The Hall–Kier alpha value is -2.37. The molecule has 6 heteroatoms. The quantitative estimate of drug-likeness (QED) is 0.772. The van der Waals surface area contributed by atoms with E-state index in [1.54, 1.807) is 31.2 Å². The topological polar surface area (TPSA) is 72.9 Å². The Balaban J connectivity index is 2.08. The van der Waals surface area contributed by atoms with E-state index in [4.69, 9.17) is 4.74 Å². The minimum Gasteiger partial charge on any atom is -0.435 e. The maximum atomic E-state index is 12.1. The summed E-state index contributed by atoms with van der Waals surface area (Å²) in [6.45, 7) is 1.44. The molecular weight excluding hydrogens is 250 g/mol. The normalized spacial score (nSPS) is 14.1. The first kappa shape index (κ1) is 13.1. The van der Waals surface area contributed by atoms with E-state index < -0.39 is 6.16 Å². The van der Waals surface area contributed by atoms with E-state index in [0.29, 0.717) is 11.1 Å². The zero-order chi connectivity index (χ0) is 13.8. The lowest BCUT2D eigenvalue weighted by atomic mass is 9.98. The van der Waals surface area contributed by atoms with Gasteiger partial charge in [-0.2, -0.15) is 0 Å². The van der Waals surface area contributed by atoms with Gasteiger partial charge in [0.1, 0.15) is 0 Å². The van der Waals surface area contributed by atoms with E-state index >= 15 is 0 Å². The van der Waals surface area contributed by atoms with Crippen molar-refractivity contribution in [3.63, 3.8) is 0 Å². The van der Waals surface area contributed by atoms with Crippen LogP contribution in [-0.2, 0) is 9.47 Å². The molecule has 0 unspecified atom stereocenters. The number of hydrogen-bond donors (Lipinski definition) is 0. The second-order valence-electron chi connectivity index (χ2n) is 3.93. The molecule has 1 aliphatic rings. The highest BCUT2D eigenvalue weighted by molar-refractivity contribution is 6.13. The second kappa shape index (κ2) is 5.51. The first-order valence-electron chi connectivity index (χ1n) is 5.84. The minimum absolute atomic E-state index is 0.102. The Bertz CT molecular complexity index is 526. The van der Waals surface area contributed by atoms with Crippen molar-refractivity contribution in [2.24, 2.45) is 0 Å². The fourth-order valence-corrected chi connectivity index (χ4v) is 1.81. The maximum absolute atomic E-state index is 12.1. The minimum atomic E-state index is -0.860. The van der Waals surface area contributed by atoms with Gasteiger partial charge in [0.05, 0.1) is 18.7 Å². The van der Waals surface area contributed by atoms with Crippen molar-refractivity contribution in [3.8, 4) is 0 Å². The van der Waals surface area contributed by atoms with E-state index in [1.165, 1.54) is 4.90 Å². The van der Waals surface area contributed by atoms with E-state index in [9.17, 15) is 14.4 Å². The molecule has 0 saturated carbocycles. The highest BCUT2D eigenvalue weighted by Gasteiger charge is 2.30. The summed E-state index contributed by atoms with van der Waals surface area (Å²) in [4.78, 5) is 36.1. The molecule has 0 bridgehead atoms. The summed E-state index contributed by atoms with van der Waals surface area (Å²) in [6.07, 6.45) is -0.860. The van der Waals surface area contributed by atoms with Gasteiger partial charge in [0, 0.05) is 5.56 Å². The van der Waals surface area contributed by atoms with E-state index in [-0.39, 0.29) is 31.6 Å². The van der Waals surface area contributed by atoms with Crippen molar-refractivity contribution in [3.05, 3.63) is 35.4 Å². The monoisotopic (exact) mass is 263 g/mol. The Kier molecular flexibility index (Phi) is 3.79. The molecule has 19 heavy (non-hydrogen) atoms. The van der Waals surface area contributed by atoms with Crippen LogP contribution in [-0.4, -0.2) is 42.6 Å². The van der Waals surface area contributed by atoms with Gasteiger partial charge in [-0.05, 0) is 13.0 Å². The number of ketones is 1. The summed E-state index contributed by atoms with van der Waals surface area (Å²) in [5.74, 6) is -0.512. The van der Waals surface area contributed by atoms with Crippen LogP contribution in [0.25, 0.3) is 0 Å². The predicted molar refractivity (Wildman–Crippen MR) is 64.8 cm³/mol. The number of benzene rings is 1. The number of hydrogen-bond acceptors (Lipinski definition) is 5.